The van der Waals surface area contributed by atoms with Gasteiger partial charge in [0.2, 0.25) is 0 Å². The Kier molecular flexibility index (Phi) is 5.74. The summed E-state index contributed by atoms with van der Waals surface area (Å²) in [6.45, 7) is 5.38. The van der Waals surface area contributed by atoms with Crippen LogP contribution in [0.5, 0.6) is 0 Å². The van der Waals surface area contributed by atoms with E-state index in [2.05, 4.69) is 5.32 Å². The Hall–Kier alpha value is -1.49. The summed E-state index contributed by atoms with van der Waals surface area (Å²) >= 11 is 0. The van der Waals surface area contributed by atoms with Crippen molar-refractivity contribution in [2.24, 2.45) is 5.92 Å². The van der Waals surface area contributed by atoms with Gasteiger partial charge in [0.25, 0.3) is 0 Å². The number of furan rings is 1. The second kappa shape index (κ2) is 7.39. The monoisotopic (exact) mass is 323 g/mol. The van der Waals surface area contributed by atoms with Crippen molar-refractivity contribution >= 4 is 6.09 Å². The molecule has 1 amide bonds. The molecule has 2 rings (SSSR count). The zero-order chi connectivity index (χ0) is 16.9. The quantitative estimate of drug-likeness (QED) is 0.792. The minimum Gasteiger partial charge on any atom is -0.464 e. The van der Waals surface area contributed by atoms with Crippen molar-refractivity contribution in [3.8, 4) is 0 Å². The molecule has 0 radical (unpaired) electrons. The Morgan fingerprint density at radius 2 is 2.04 bits per heavy atom. The van der Waals surface area contributed by atoms with Gasteiger partial charge in [0.05, 0.1) is 6.26 Å². The molecule has 1 aromatic rings. The zero-order valence-corrected chi connectivity index (χ0v) is 14.4. The third-order valence-corrected chi connectivity index (χ3v) is 4.28. The van der Waals surface area contributed by atoms with Crippen molar-refractivity contribution < 1.29 is 19.1 Å². The molecule has 0 aliphatic heterocycles. The third-order valence-electron chi connectivity index (χ3n) is 4.28. The first-order valence-electron chi connectivity index (χ1n) is 8.56. The largest absolute Gasteiger partial charge is 0.464 e. The van der Waals surface area contributed by atoms with Gasteiger partial charge in [-0.2, -0.15) is 0 Å². The summed E-state index contributed by atoms with van der Waals surface area (Å²) in [5.74, 6) is 0.949. The standard InChI is InChI=1S/C18H29NO4/c1-17(2,3)23-16(20)19-18(21,15-10-7-13-22-15)12-11-14-8-5-4-6-9-14/h7,10,13-14,21H,4-6,8-9,11-12H2,1-3H3,(H,19,20)/t18-/m0/s1. The van der Waals surface area contributed by atoms with E-state index in [1.807, 2.05) is 0 Å². The fraction of sp³-hybridized carbons (Fsp3) is 0.722. The van der Waals surface area contributed by atoms with Crippen LogP contribution < -0.4 is 5.32 Å². The summed E-state index contributed by atoms with van der Waals surface area (Å²) in [4.78, 5) is 12.1. The van der Waals surface area contributed by atoms with E-state index in [0.29, 0.717) is 18.1 Å². The Labute approximate surface area is 138 Å². The van der Waals surface area contributed by atoms with E-state index in [9.17, 15) is 9.90 Å². The molecule has 0 spiro atoms. The van der Waals surface area contributed by atoms with Crippen LogP contribution in [0.25, 0.3) is 0 Å². The molecule has 5 heteroatoms. The zero-order valence-electron chi connectivity index (χ0n) is 14.4. The van der Waals surface area contributed by atoms with E-state index in [1.54, 1.807) is 32.9 Å². The van der Waals surface area contributed by atoms with Crippen LogP contribution in [-0.2, 0) is 10.5 Å². The van der Waals surface area contributed by atoms with E-state index in [-0.39, 0.29) is 0 Å². The number of carbonyl (C=O) groups excluding carboxylic acids is 1. The van der Waals surface area contributed by atoms with Crippen LogP contribution in [-0.4, -0.2) is 16.8 Å². The maximum Gasteiger partial charge on any atom is 0.410 e. The van der Waals surface area contributed by atoms with Crippen LogP contribution in [0.3, 0.4) is 0 Å². The Morgan fingerprint density at radius 3 is 2.61 bits per heavy atom. The van der Waals surface area contributed by atoms with Crippen LogP contribution in [0.2, 0.25) is 0 Å². The lowest BCUT2D eigenvalue weighted by molar-refractivity contribution is -0.0421. The minimum atomic E-state index is -1.52. The molecule has 1 aromatic heterocycles. The third kappa shape index (κ3) is 5.57. The predicted octanol–water partition coefficient (Wildman–Crippen LogP) is 4.31. The number of hydrogen-bond acceptors (Lipinski definition) is 4. The van der Waals surface area contributed by atoms with Crippen LogP contribution in [0.15, 0.2) is 22.8 Å². The van der Waals surface area contributed by atoms with Crippen molar-refractivity contribution in [1.82, 2.24) is 5.32 Å². The maximum atomic E-state index is 12.1. The topological polar surface area (TPSA) is 71.7 Å². The molecule has 1 fully saturated rings. The van der Waals surface area contributed by atoms with E-state index >= 15 is 0 Å². The average molecular weight is 323 g/mol. The molecule has 1 saturated carbocycles. The molecule has 23 heavy (non-hydrogen) atoms. The molecule has 0 unspecified atom stereocenters. The number of amides is 1. The summed E-state index contributed by atoms with van der Waals surface area (Å²) in [5, 5.41) is 13.6. The van der Waals surface area contributed by atoms with Gasteiger partial charge in [0.1, 0.15) is 5.60 Å². The lowest BCUT2D eigenvalue weighted by atomic mass is 9.84. The van der Waals surface area contributed by atoms with E-state index in [0.717, 1.165) is 6.42 Å². The van der Waals surface area contributed by atoms with Crippen molar-refractivity contribution in [3.63, 3.8) is 0 Å². The summed E-state index contributed by atoms with van der Waals surface area (Å²) in [5.41, 5.74) is -2.14. The number of ether oxygens (including phenoxy) is 1. The first kappa shape index (κ1) is 17.9. The normalized spacial score (nSPS) is 19.1. The lowest BCUT2D eigenvalue weighted by Gasteiger charge is -2.31. The smallest absolute Gasteiger partial charge is 0.410 e. The molecular formula is C18H29NO4. The van der Waals surface area contributed by atoms with Gasteiger partial charge in [-0.05, 0) is 45.2 Å². The van der Waals surface area contributed by atoms with Crippen molar-refractivity contribution in [2.45, 2.75) is 77.0 Å². The summed E-state index contributed by atoms with van der Waals surface area (Å²) in [7, 11) is 0. The molecule has 0 bridgehead atoms. The van der Waals surface area contributed by atoms with E-state index in [4.69, 9.17) is 9.15 Å². The van der Waals surface area contributed by atoms with E-state index in [1.165, 1.54) is 38.4 Å². The first-order valence-corrected chi connectivity index (χ1v) is 8.56. The molecule has 1 aliphatic carbocycles. The molecule has 1 atom stereocenters. The molecule has 130 valence electrons. The molecule has 0 saturated heterocycles. The SMILES string of the molecule is CC(C)(C)OC(=O)N[C@](O)(CCC1CCCCC1)c1ccco1. The van der Waals surface area contributed by atoms with Gasteiger partial charge in [0, 0.05) is 6.42 Å². The molecule has 1 aliphatic rings. The molecule has 2 N–H and O–H groups in total. The lowest BCUT2D eigenvalue weighted by Crippen LogP contribution is -2.47. The van der Waals surface area contributed by atoms with Crippen molar-refractivity contribution in [3.05, 3.63) is 24.2 Å². The fourth-order valence-corrected chi connectivity index (χ4v) is 3.12. The van der Waals surface area contributed by atoms with Gasteiger partial charge in [0.15, 0.2) is 11.5 Å². The van der Waals surface area contributed by atoms with E-state index < -0.39 is 17.4 Å². The summed E-state index contributed by atoms with van der Waals surface area (Å²) in [6, 6.07) is 3.38. The van der Waals surface area contributed by atoms with Gasteiger partial charge in [-0.25, -0.2) is 4.79 Å². The highest BCUT2D eigenvalue weighted by Gasteiger charge is 2.36. The summed E-state index contributed by atoms with van der Waals surface area (Å²) in [6.07, 6.45) is 8.33. The van der Waals surface area contributed by atoms with Crippen LogP contribution in [0, 0.1) is 5.92 Å². The highest BCUT2D eigenvalue weighted by Crippen LogP contribution is 2.32. The number of rotatable bonds is 5. The van der Waals surface area contributed by atoms with Crippen LogP contribution in [0.4, 0.5) is 4.79 Å². The van der Waals surface area contributed by atoms with Crippen molar-refractivity contribution in [1.29, 1.82) is 0 Å². The fourth-order valence-electron chi connectivity index (χ4n) is 3.12. The number of hydrogen-bond donors (Lipinski definition) is 2. The predicted molar refractivity (Wildman–Crippen MR) is 87.8 cm³/mol. The van der Waals surface area contributed by atoms with Crippen molar-refractivity contribution in [2.75, 3.05) is 0 Å². The number of carbonyl (C=O) groups is 1. The Balaban J connectivity index is 2.02. The molecule has 0 aromatic carbocycles. The number of aliphatic hydroxyl groups is 1. The molecule has 5 nitrogen and oxygen atoms in total. The molecular weight excluding hydrogens is 294 g/mol. The number of nitrogens with one attached hydrogen (secondary N) is 1. The number of alkyl carbamates (subject to hydrolysis) is 1. The minimum absolute atomic E-state index is 0.346. The molecule has 1 heterocycles. The summed E-state index contributed by atoms with van der Waals surface area (Å²) < 4.78 is 10.6. The van der Waals surface area contributed by atoms with Gasteiger partial charge in [-0.15, -0.1) is 0 Å². The van der Waals surface area contributed by atoms with Gasteiger partial charge in [-0.1, -0.05) is 32.1 Å². The highest BCUT2D eigenvalue weighted by molar-refractivity contribution is 5.68. The first-order chi connectivity index (χ1) is 10.8. The average Bonchev–Trinajstić information content (AvgIpc) is 2.99. The second-order valence-electron chi connectivity index (χ2n) is 7.51. The Morgan fingerprint density at radius 1 is 1.35 bits per heavy atom. The van der Waals surface area contributed by atoms with Gasteiger partial charge in [-0.3, -0.25) is 5.32 Å². The maximum absolute atomic E-state index is 12.1. The second-order valence-corrected chi connectivity index (χ2v) is 7.51. The Bertz CT molecular complexity index is 486. The highest BCUT2D eigenvalue weighted by atomic mass is 16.6. The van der Waals surface area contributed by atoms with Gasteiger partial charge >= 0.3 is 6.09 Å². The van der Waals surface area contributed by atoms with Crippen LogP contribution >= 0.6 is 0 Å². The van der Waals surface area contributed by atoms with Crippen LogP contribution in [0.1, 0.15) is 71.5 Å². The van der Waals surface area contributed by atoms with Gasteiger partial charge < -0.3 is 14.3 Å².